The predicted octanol–water partition coefficient (Wildman–Crippen LogP) is 0.550. The van der Waals surface area contributed by atoms with Gasteiger partial charge in [0, 0.05) is 25.7 Å². The first-order valence-electron chi connectivity index (χ1n) is 6.90. The SMILES string of the molecule is CN(CC1CCCOC1)CC(NC1CC1)C(=O)O. The van der Waals surface area contributed by atoms with Crippen molar-refractivity contribution in [2.24, 2.45) is 5.92 Å². The van der Waals surface area contributed by atoms with Gasteiger partial charge in [-0.3, -0.25) is 4.79 Å². The molecule has 5 heteroatoms. The van der Waals surface area contributed by atoms with Gasteiger partial charge in [-0.1, -0.05) is 0 Å². The minimum atomic E-state index is -0.742. The van der Waals surface area contributed by atoms with Gasteiger partial charge in [0.1, 0.15) is 6.04 Å². The highest BCUT2D eigenvalue weighted by molar-refractivity contribution is 5.73. The maximum atomic E-state index is 11.2. The second-order valence-electron chi connectivity index (χ2n) is 5.64. The molecule has 2 unspecified atom stereocenters. The van der Waals surface area contributed by atoms with Crippen LogP contribution in [0.5, 0.6) is 0 Å². The van der Waals surface area contributed by atoms with Crippen LogP contribution in [0, 0.1) is 5.92 Å². The fraction of sp³-hybridized carbons (Fsp3) is 0.923. The average molecular weight is 256 g/mol. The molecule has 2 fully saturated rings. The van der Waals surface area contributed by atoms with Gasteiger partial charge >= 0.3 is 5.97 Å². The van der Waals surface area contributed by atoms with E-state index in [1.165, 1.54) is 6.42 Å². The molecule has 1 saturated heterocycles. The summed E-state index contributed by atoms with van der Waals surface area (Å²) in [6.07, 6.45) is 4.55. The Kier molecular flexibility index (Phi) is 4.97. The van der Waals surface area contributed by atoms with Gasteiger partial charge in [-0.15, -0.1) is 0 Å². The zero-order valence-corrected chi connectivity index (χ0v) is 11.1. The third-order valence-electron chi connectivity index (χ3n) is 3.63. The molecule has 2 N–H and O–H groups in total. The van der Waals surface area contributed by atoms with E-state index < -0.39 is 12.0 Å². The van der Waals surface area contributed by atoms with Crippen LogP contribution < -0.4 is 5.32 Å². The van der Waals surface area contributed by atoms with E-state index in [0.29, 0.717) is 18.5 Å². The van der Waals surface area contributed by atoms with Crippen molar-refractivity contribution in [3.8, 4) is 0 Å². The summed E-state index contributed by atoms with van der Waals surface area (Å²) in [4.78, 5) is 13.3. The number of likely N-dealkylation sites (N-methyl/N-ethyl adjacent to an activating group) is 1. The van der Waals surface area contributed by atoms with E-state index >= 15 is 0 Å². The van der Waals surface area contributed by atoms with E-state index in [-0.39, 0.29) is 0 Å². The lowest BCUT2D eigenvalue weighted by molar-refractivity contribution is -0.140. The highest BCUT2D eigenvalue weighted by Crippen LogP contribution is 2.20. The monoisotopic (exact) mass is 256 g/mol. The maximum Gasteiger partial charge on any atom is 0.322 e. The number of nitrogens with one attached hydrogen (secondary N) is 1. The Morgan fingerprint density at radius 3 is 2.83 bits per heavy atom. The Labute approximate surface area is 108 Å². The van der Waals surface area contributed by atoms with Crippen molar-refractivity contribution in [1.82, 2.24) is 10.2 Å². The minimum Gasteiger partial charge on any atom is -0.480 e. The van der Waals surface area contributed by atoms with Gasteiger partial charge in [0.25, 0.3) is 0 Å². The van der Waals surface area contributed by atoms with Gasteiger partial charge in [-0.25, -0.2) is 0 Å². The van der Waals surface area contributed by atoms with E-state index in [0.717, 1.165) is 39.0 Å². The maximum absolute atomic E-state index is 11.2. The molecule has 0 aromatic carbocycles. The first-order valence-corrected chi connectivity index (χ1v) is 6.90. The molecule has 1 aliphatic heterocycles. The third-order valence-corrected chi connectivity index (χ3v) is 3.63. The smallest absolute Gasteiger partial charge is 0.322 e. The van der Waals surface area contributed by atoms with Gasteiger partial charge < -0.3 is 20.1 Å². The van der Waals surface area contributed by atoms with Crippen LogP contribution in [-0.4, -0.2) is 61.4 Å². The summed E-state index contributed by atoms with van der Waals surface area (Å²) in [5.41, 5.74) is 0. The van der Waals surface area contributed by atoms with Gasteiger partial charge in [0.2, 0.25) is 0 Å². The molecule has 1 heterocycles. The zero-order chi connectivity index (χ0) is 13.0. The van der Waals surface area contributed by atoms with Crippen LogP contribution in [0.4, 0.5) is 0 Å². The molecule has 18 heavy (non-hydrogen) atoms. The molecular formula is C13H24N2O3. The summed E-state index contributed by atoms with van der Waals surface area (Å²) in [6, 6.07) is -0.00970. The van der Waals surface area contributed by atoms with Gasteiger partial charge in [0.15, 0.2) is 0 Å². The second kappa shape index (κ2) is 6.50. The lowest BCUT2D eigenvalue weighted by atomic mass is 10.0. The lowest BCUT2D eigenvalue weighted by Crippen LogP contribution is -2.47. The fourth-order valence-electron chi connectivity index (χ4n) is 2.51. The quantitative estimate of drug-likeness (QED) is 0.696. The Balaban J connectivity index is 1.72. The zero-order valence-electron chi connectivity index (χ0n) is 11.1. The van der Waals surface area contributed by atoms with Crippen molar-refractivity contribution in [1.29, 1.82) is 0 Å². The summed E-state index contributed by atoms with van der Waals surface area (Å²) in [5.74, 6) is -0.187. The molecule has 104 valence electrons. The molecule has 0 aromatic heterocycles. The molecule has 1 aliphatic carbocycles. The molecule has 0 spiro atoms. The molecule has 2 rings (SSSR count). The highest BCUT2D eigenvalue weighted by Gasteiger charge is 2.29. The molecule has 2 aliphatic rings. The number of nitrogens with zero attached hydrogens (tertiary/aromatic N) is 1. The van der Waals surface area contributed by atoms with E-state index in [1.807, 2.05) is 7.05 Å². The van der Waals surface area contributed by atoms with Crippen LogP contribution in [0.25, 0.3) is 0 Å². The predicted molar refractivity (Wildman–Crippen MR) is 68.6 cm³/mol. The second-order valence-corrected chi connectivity index (χ2v) is 5.64. The number of carboxylic acids is 1. The molecule has 2 atom stereocenters. The number of carboxylic acid groups (broad SMARTS) is 1. The average Bonchev–Trinajstić information content (AvgIpc) is 3.13. The standard InChI is InChI=1S/C13H24N2O3/c1-15(7-10-3-2-6-18-9-10)8-12(13(16)17)14-11-4-5-11/h10-12,14H,2-9H2,1H3,(H,16,17). The minimum absolute atomic E-state index is 0.428. The molecular weight excluding hydrogens is 232 g/mol. The topological polar surface area (TPSA) is 61.8 Å². The first-order chi connectivity index (χ1) is 8.65. The van der Waals surface area contributed by atoms with E-state index in [1.54, 1.807) is 0 Å². The Morgan fingerprint density at radius 1 is 1.50 bits per heavy atom. The van der Waals surface area contributed by atoms with Crippen LogP contribution in [0.15, 0.2) is 0 Å². The molecule has 0 bridgehead atoms. The molecule has 0 aromatic rings. The molecule has 1 saturated carbocycles. The normalized spacial score (nSPS) is 26.2. The molecule has 5 nitrogen and oxygen atoms in total. The summed E-state index contributed by atoms with van der Waals surface area (Å²) in [5, 5.41) is 12.4. The number of ether oxygens (including phenoxy) is 1. The summed E-state index contributed by atoms with van der Waals surface area (Å²) < 4.78 is 5.45. The van der Waals surface area contributed by atoms with Crippen LogP contribution >= 0.6 is 0 Å². The van der Waals surface area contributed by atoms with Crippen molar-refractivity contribution in [2.75, 3.05) is 33.4 Å². The Morgan fingerprint density at radius 2 is 2.28 bits per heavy atom. The van der Waals surface area contributed by atoms with Crippen molar-refractivity contribution < 1.29 is 14.6 Å². The largest absolute Gasteiger partial charge is 0.480 e. The van der Waals surface area contributed by atoms with Crippen LogP contribution in [-0.2, 0) is 9.53 Å². The van der Waals surface area contributed by atoms with Gasteiger partial charge in [0.05, 0.1) is 6.61 Å². The van der Waals surface area contributed by atoms with Crippen molar-refractivity contribution in [3.63, 3.8) is 0 Å². The number of aliphatic carboxylic acids is 1. The fourth-order valence-corrected chi connectivity index (χ4v) is 2.51. The van der Waals surface area contributed by atoms with E-state index in [9.17, 15) is 9.90 Å². The summed E-state index contributed by atoms with van der Waals surface area (Å²) >= 11 is 0. The number of rotatable bonds is 7. The number of hydrogen-bond acceptors (Lipinski definition) is 4. The summed E-state index contributed by atoms with van der Waals surface area (Å²) in [7, 11) is 2.00. The number of hydrogen-bond donors (Lipinski definition) is 2. The molecule has 0 radical (unpaired) electrons. The highest BCUT2D eigenvalue weighted by atomic mass is 16.5. The van der Waals surface area contributed by atoms with Crippen LogP contribution in [0.1, 0.15) is 25.7 Å². The van der Waals surface area contributed by atoms with Crippen molar-refractivity contribution >= 4 is 5.97 Å². The lowest BCUT2D eigenvalue weighted by Gasteiger charge is -2.28. The molecule has 0 amide bonds. The van der Waals surface area contributed by atoms with Crippen molar-refractivity contribution in [2.45, 2.75) is 37.8 Å². The van der Waals surface area contributed by atoms with Gasteiger partial charge in [-0.05, 0) is 38.6 Å². The summed E-state index contributed by atoms with van der Waals surface area (Å²) in [6.45, 7) is 3.19. The van der Waals surface area contributed by atoms with E-state index in [4.69, 9.17) is 4.74 Å². The van der Waals surface area contributed by atoms with E-state index in [2.05, 4.69) is 10.2 Å². The first kappa shape index (κ1) is 13.8. The Bertz CT molecular complexity index is 275. The number of carbonyl (C=O) groups is 1. The van der Waals surface area contributed by atoms with Crippen LogP contribution in [0.2, 0.25) is 0 Å². The third kappa shape index (κ3) is 4.55. The van der Waals surface area contributed by atoms with Crippen molar-refractivity contribution in [3.05, 3.63) is 0 Å². The Hall–Kier alpha value is -0.650. The van der Waals surface area contributed by atoms with Crippen LogP contribution in [0.3, 0.4) is 0 Å². The van der Waals surface area contributed by atoms with Gasteiger partial charge in [-0.2, -0.15) is 0 Å².